The van der Waals surface area contributed by atoms with Crippen molar-refractivity contribution in [1.29, 1.82) is 0 Å². The van der Waals surface area contributed by atoms with Crippen molar-refractivity contribution < 1.29 is 0 Å². The van der Waals surface area contributed by atoms with E-state index in [9.17, 15) is 0 Å². The number of fused-ring (bicyclic) bond motifs is 10. The quantitative estimate of drug-likeness (QED) is 0.163. The number of hydrogen-bond donors (Lipinski definition) is 0. The Bertz CT molecular complexity index is 3540. The lowest BCUT2D eigenvalue weighted by Crippen LogP contribution is -2.61. The van der Waals surface area contributed by atoms with Gasteiger partial charge in [0.1, 0.15) is 0 Å². The molecule has 4 heteroatoms. The summed E-state index contributed by atoms with van der Waals surface area (Å²) in [6, 6.07) is 64.3. The fraction of sp³-hybridized carbons (Fsp3) is 0.294. The third-order valence-corrected chi connectivity index (χ3v) is 18.0. The van der Waals surface area contributed by atoms with Crippen molar-refractivity contribution >= 4 is 68.6 Å². The van der Waals surface area contributed by atoms with Gasteiger partial charge in [0, 0.05) is 50.8 Å². The third-order valence-electron chi connectivity index (χ3n) is 18.0. The summed E-state index contributed by atoms with van der Waals surface area (Å²) in [6.45, 7) is 26.2. The number of nitrogens with zero attached hydrogens (tertiary/aromatic N) is 3. The first kappa shape index (κ1) is 45.1. The highest BCUT2D eigenvalue weighted by molar-refractivity contribution is 7.00. The Hall–Kier alpha value is -6.78. The van der Waals surface area contributed by atoms with Crippen molar-refractivity contribution in [3.63, 3.8) is 0 Å². The average Bonchev–Trinajstić information content (AvgIpc) is 3.78. The van der Waals surface area contributed by atoms with E-state index in [1.54, 1.807) is 0 Å². The molecule has 0 fully saturated rings. The van der Waals surface area contributed by atoms with E-state index in [0.717, 1.165) is 25.7 Å². The minimum absolute atomic E-state index is 0.0129. The molecule has 8 aromatic rings. The lowest BCUT2D eigenvalue weighted by Gasteiger charge is -2.51. The fourth-order valence-corrected chi connectivity index (χ4v) is 14.2. The maximum Gasteiger partial charge on any atom is 0.252 e. The SMILES string of the molecule is Cc1cc2c3c(c1)N(c1ccc(C(C)(C)C)cc1-c1ccccc1)c1cc4c(cc1B3c1ccc(N3c5ccccc5C5(C)CCc6ccccc6C35C)cc1N2c1ccc(C(C)(C)C)cc1)CC(C)(C)C4. The molecule has 2 aliphatic carbocycles. The van der Waals surface area contributed by atoms with E-state index < -0.39 is 0 Å². The molecule has 3 aliphatic heterocycles. The molecule has 0 bridgehead atoms. The van der Waals surface area contributed by atoms with Crippen LogP contribution in [-0.2, 0) is 41.0 Å². The van der Waals surface area contributed by atoms with Gasteiger partial charge in [-0.2, -0.15) is 0 Å². The van der Waals surface area contributed by atoms with Gasteiger partial charge in [0.15, 0.2) is 0 Å². The summed E-state index contributed by atoms with van der Waals surface area (Å²) in [5.74, 6) is 0. The second-order valence-electron chi connectivity index (χ2n) is 25.3. The van der Waals surface area contributed by atoms with Crippen molar-refractivity contribution in [2.75, 3.05) is 14.7 Å². The van der Waals surface area contributed by atoms with E-state index in [2.05, 4.69) is 255 Å². The normalized spacial score (nSPS) is 20.0. The number of hydrogen-bond acceptors (Lipinski definition) is 3. The van der Waals surface area contributed by atoms with Crippen molar-refractivity contribution in [2.45, 2.75) is 124 Å². The molecule has 3 nitrogen and oxygen atoms in total. The highest BCUT2D eigenvalue weighted by Crippen LogP contribution is 2.64. The zero-order chi connectivity index (χ0) is 49.9. The minimum Gasteiger partial charge on any atom is -0.330 e. The second-order valence-corrected chi connectivity index (χ2v) is 25.3. The van der Waals surface area contributed by atoms with E-state index in [1.165, 1.54) is 118 Å². The molecule has 0 radical (unpaired) electrons. The Kier molecular flexibility index (Phi) is 9.63. The van der Waals surface area contributed by atoms with Crippen LogP contribution in [-0.4, -0.2) is 6.71 Å². The largest absolute Gasteiger partial charge is 0.330 e. The minimum atomic E-state index is -0.306. The van der Waals surface area contributed by atoms with Crippen LogP contribution in [0.5, 0.6) is 0 Å². The molecule has 0 spiro atoms. The molecule has 72 heavy (non-hydrogen) atoms. The van der Waals surface area contributed by atoms with E-state index >= 15 is 0 Å². The Balaban J connectivity index is 1.10. The van der Waals surface area contributed by atoms with Gasteiger partial charge in [-0.1, -0.05) is 165 Å². The summed E-state index contributed by atoms with van der Waals surface area (Å²) in [7, 11) is 0. The molecule has 0 saturated heterocycles. The molecule has 0 amide bonds. The summed E-state index contributed by atoms with van der Waals surface area (Å²) < 4.78 is 0. The lowest BCUT2D eigenvalue weighted by atomic mass is 9.33. The maximum absolute atomic E-state index is 2.73. The molecule has 0 saturated carbocycles. The fourth-order valence-electron chi connectivity index (χ4n) is 14.2. The van der Waals surface area contributed by atoms with E-state index in [1.807, 2.05) is 0 Å². The highest BCUT2D eigenvalue weighted by atomic mass is 15.3. The summed E-state index contributed by atoms with van der Waals surface area (Å²) in [5, 5.41) is 0. The van der Waals surface area contributed by atoms with Crippen LogP contribution in [0.15, 0.2) is 164 Å². The smallest absolute Gasteiger partial charge is 0.252 e. The molecule has 3 heterocycles. The average molecular weight is 938 g/mol. The van der Waals surface area contributed by atoms with Crippen LogP contribution < -0.4 is 31.1 Å². The Morgan fingerprint density at radius 2 is 1.08 bits per heavy atom. The molecule has 5 aliphatic rings. The first-order valence-corrected chi connectivity index (χ1v) is 26.7. The zero-order valence-electron chi connectivity index (χ0n) is 44.3. The topological polar surface area (TPSA) is 9.72 Å². The van der Waals surface area contributed by atoms with Gasteiger partial charge in [0.25, 0.3) is 6.71 Å². The Morgan fingerprint density at radius 3 is 1.81 bits per heavy atom. The van der Waals surface area contributed by atoms with Crippen molar-refractivity contribution in [3.8, 4) is 11.1 Å². The maximum atomic E-state index is 2.73. The number of aryl methyl sites for hydroxylation is 2. The van der Waals surface area contributed by atoms with Gasteiger partial charge in [0.2, 0.25) is 0 Å². The van der Waals surface area contributed by atoms with Gasteiger partial charge < -0.3 is 14.7 Å². The number of benzene rings is 8. The number of rotatable bonds is 4. The lowest BCUT2D eigenvalue weighted by molar-refractivity contribution is 0.245. The first-order valence-electron chi connectivity index (χ1n) is 26.7. The van der Waals surface area contributed by atoms with Crippen molar-refractivity contribution in [1.82, 2.24) is 0 Å². The Labute approximate surface area is 429 Å². The first-order chi connectivity index (χ1) is 34.3. The number of para-hydroxylation sites is 1. The van der Waals surface area contributed by atoms with Crippen molar-refractivity contribution in [3.05, 3.63) is 208 Å². The van der Waals surface area contributed by atoms with E-state index in [0.29, 0.717) is 0 Å². The molecule has 8 aromatic carbocycles. The summed E-state index contributed by atoms with van der Waals surface area (Å²) >= 11 is 0. The zero-order valence-corrected chi connectivity index (χ0v) is 44.3. The number of anilines is 8. The molecular weight excluding hydrogens is 870 g/mol. The van der Waals surface area contributed by atoms with Gasteiger partial charge in [-0.3, -0.25) is 0 Å². The van der Waals surface area contributed by atoms with Gasteiger partial charge in [-0.15, -0.1) is 0 Å². The third kappa shape index (κ3) is 6.49. The highest BCUT2D eigenvalue weighted by Gasteiger charge is 2.60. The molecule has 0 N–H and O–H groups in total. The molecule has 358 valence electrons. The van der Waals surface area contributed by atoms with Crippen LogP contribution in [0.25, 0.3) is 11.1 Å². The predicted octanol–water partition coefficient (Wildman–Crippen LogP) is 15.7. The Morgan fingerprint density at radius 1 is 0.472 bits per heavy atom. The van der Waals surface area contributed by atoms with Gasteiger partial charge in [-0.25, -0.2) is 0 Å². The standard InChI is InChI=1S/C68H68BN3/c1-43-35-61-63-62(36-43)71(57-32-27-49(65(5,6)7)39-52(57)44-19-13-12-14-20-44)59-38-47-42-66(8,9)41-46(47)37-56(59)69(63)55-31-30-51(40-60(55)70(61)50-28-25-48(26-29-50)64(2,3)4)72-58-24-18-17-23-54(58)67(10)34-33-45-21-15-16-22-53(45)68(67,72)11/h12-32,35-40H,33-34,41-42H2,1-11H3. The monoisotopic (exact) mass is 938 g/mol. The second kappa shape index (κ2) is 15.4. The molecular formula is C68H68BN3. The summed E-state index contributed by atoms with van der Waals surface area (Å²) in [6.07, 6.45) is 4.34. The molecule has 2 unspecified atom stereocenters. The van der Waals surface area contributed by atoms with E-state index in [-0.39, 0.29) is 33.9 Å². The molecule has 2 atom stereocenters. The van der Waals surface area contributed by atoms with Gasteiger partial charge in [-0.05, 0) is 183 Å². The van der Waals surface area contributed by atoms with Crippen LogP contribution in [0.2, 0.25) is 0 Å². The molecule has 13 rings (SSSR count). The summed E-state index contributed by atoms with van der Waals surface area (Å²) in [4.78, 5) is 8.03. The van der Waals surface area contributed by atoms with Crippen molar-refractivity contribution in [2.24, 2.45) is 5.41 Å². The van der Waals surface area contributed by atoms with Gasteiger partial charge in [0.05, 0.1) is 11.2 Å². The van der Waals surface area contributed by atoms with Crippen LogP contribution in [0.3, 0.4) is 0 Å². The van der Waals surface area contributed by atoms with Crippen LogP contribution >= 0.6 is 0 Å². The predicted molar refractivity (Wildman–Crippen MR) is 307 cm³/mol. The molecule has 0 aromatic heterocycles. The van der Waals surface area contributed by atoms with Crippen LogP contribution in [0, 0.1) is 12.3 Å². The van der Waals surface area contributed by atoms with Gasteiger partial charge >= 0.3 is 0 Å². The summed E-state index contributed by atoms with van der Waals surface area (Å²) in [5.41, 5.74) is 27.7. The van der Waals surface area contributed by atoms with Crippen LogP contribution in [0.4, 0.5) is 45.5 Å². The van der Waals surface area contributed by atoms with Crippen LogP contribution in [0.1, 0.15) is 120 Å². The van der Waals surface area contributed by atoms with E-state index in [4.69, 9.17) is 0 Å².